The molecule has 3 nitrogen and oxygen atoms in total. The Morgan fingerprint density at radius 2 is 2.00 bits per heavy atom. The largest absolute Gasteiger partial charge is 0.459 e. The van der Waals surface area contributed by atoms with Crippen molar-refractivity contribution in [3.63, 3.8) is 0 Å². The first-order chi connectivity index (χ1) is 10.1. The van der Waals surface area contributed by atoms with Crippen molar-refractivity contribution >= 4 is 26.9 Å². The van der Waals surface area contributed by atoms with Gasteiger partial charge in [0.15, 0.2) is 0 Å². The Balaban J connectivity index is 1.64. The maximum Gasteiger partial charge on any atom is 0.134 e. The molecule has 1 saturated heterocycles. The van der Waals surface area contributed by atoms with Crippen LogP contribution in [-0.4, -0.2) is 30.6 Å². The van der Waals surface area contributed by atoms with Crippen molar-refractivity contribution in [2.75, 3.05) is 19.6 Å². The Hall–Kier alpha value is -0.840. The molecular formula is C17H23BrN2O. The topological polar surface area (TPSA) is 28.4 Å². The van der Waals surface area contributed by atoms with Gasteiger partial charge in [-0.3, -0.25) is 0 Å². The average Bonchev–Trinajstić information content (AvgIpc) is 3.06. The number of likely N-dealkylation sites (tertiary alicyclic amines) is 1. The van der Waals surface area contributed by atoms with Crippen molar-refractivity contribution in [3.8, 4) is 0 Å². The van der Waals surface area contributed by atoms with Gasteiger partial charge in [-0.15, -0.1) is 0 Å². The molecule has 114 valence electrons. The summed E-state index contributed by atoms with van der Waals surface area (Å²) in [4.78, 5) is 2.54. The normalized spacial score (nSPS) is 19.2. The molecular weight excluding hydrogens is 328 g/mol. The Bertz CT molecular complexity index is 604. The SMILES string of the molecule is CC(CN1CCCC1)NC(C)c1cc2cc(Br)ccc2o1. The second-order valence-corrected chi connectivity index (χ2v) is 7.04. The van der Waals surface area contributed by atoms with Crippen molar-refractivity contribution < 1.29 is 4.42 Å². The van der Waals surface area contributed by atoms with Gasteiger partial charge in [-0.05, 0) is 64.0 Å². The fraction of sp³-hybridized carbons (Fsp3) is 0.529. The number of hydrogen-bond donors (Lipinski definition) is 1. The standard InChI is InChI=1S/C17H23BrN2O/c1-12(11-20-7-3-4-8-20)19-13(2)17-10-14-9-15(18)5-6-16(14)21-17/h5-6,9-10,12-13,19H,3-4,7-8,11H2,1-2H3. The lowest BCUT2D eigenvalue weighted by molar-refractivity contribution is 0.283. The van der Waals surface area contributed by atoms with E-state index in [1.165, 1.54) is 25.9 Å². The zero-order valence-electron chi connectivity index (χ0n) is 12.7. The van der Waals surface area contributed by atoms with Crippen LogP contribution in [0.15, 0.2) is 33.2 Å². The fourth-order valence-corrected chi connectivity index (χ4v) is 3.54. The summed E-state index contributed by atoms with van der Waals surface area (Å²) < 4.78 is 7.05. The van der Waals surface area contributed by atoms with Crippen LogP contribution in [0.1, 0.15) is 38.5 Å². The van der Waals surface area contributed by atoms with Crippen LogP contribution in [0.25, 0.3) is 11.0 Å². The Morgan fingerprint density at radius 1 is 1.24 bits per heavy atom. The molecule has 2 aromatic rings. The second kappa shape index (κ2) is 6.51. The molecule has 2 atom stereocenters. The summed E-state index contributed by atoms with van der Waals surface area (Å²) in [5.74, 6) is 1.01. The van der Waals surface area contributed by atoms with Gasteiger partial charge >= 0.3 is 0 Å². The predicted molar refractivity (Wildman–Crippen MR) is 90.6 cm³/mol. The van der Waals surface area contributed by atoms with E-state index in [1.807, 2.05) is 12.1 Å². The molecule has 4 heteroatoms. The van der Waals surface area contributed by atoms with E-state index in [-0.39, 0.29) is 6.04 Å². The Kier molecular flexibility index (Phi) is 4.67. The highest BCUT2D eigenvalue weighted by Gasteiger charge is 2.18. The van der Waals surface area contributed by atoms with Gasteiger partial charge in [0.25, 0.3) is 0 Å². The van der Waals surface area contributed by atoms with E-state index < -0.39 is 0 Å². The highest BCUT2D eigenvalue weighted by atomic mass is 79.9. The van der Waals surface area contributed by atoms with Gasteiger partial charge in [-0.2, -0.15) is 0 Å². The molecule has 1 N–H and O–H groups in total. The minimum Gasteiger partial charge on any atom is -0.459 e. The molecule has 1 aromatic carbocycles. The minimum absolute atomic E-state index is 0.230. The summed E-state index contributed by atoms with van der Waals surface area (Å²) in [5.41, 5.74) is 0.953. The molecule has 0 amide bonds. The highest BCUT2D eigenvalue weighted by molar-refractivity contribution is 9.10. The molecule has 0 spiro atoms. The molecule has 0 bridgehead atoms. The zero-order valence-corrected chi connectivity index (χ0v) is 14.3. The van der Waals surface area contributed by atoms with Crippen LogP contribution < -0.4 is 5.32 Å². The molecule has 1 aliphatic heterocycles. The first-order valence-corrected chi connectivity index (χ1v) is 8.58. The van der Waals surface area contributed by atoms with Gasteiger partial charge in [0, 0.05) is 22.4 Å². The number of benzene rings is 1. The minimum atomic E-state index is 0.230. The van der Waals surface area contributed by atoms with E-state index in [4.69, 9.17) is 4.42 Å². The summed E-state index contributed by atoms with van der Waals surface area (Å²) in [7, 11) is 0. The predicted octanol–water partition coefficient (Wildman–Crippen LogP) is 4.33. The smallest absolute Gasteiger partial charge is 0.134 e. The molecule has 2 heterocycles. The summed E-state index contributed by atoms with van der Waals surface area (Å²) in [6.07, 6.45) is 2.70. The van der Waals surface area contributed by atoms with E-state index in [9.17, 15) is 0 Å². The van der Waals surface area contributed by atoms with Crippen LogP contribution in [0.3, 0.4) is 0 Å². The van der Waals surface area contributed by atoms with Crippen molar-refractivity contribution in [2.45, 2.75) is 38.8 Å². The van der Waals surface area contributed by atoms with Crippen LogP contribution >= 0.6 is 15.9 Å². The zero-order chi connectivity index (χ0) is 14.8. The van der Waals surface area contributed by atoms with E-state index in [2.05, 4.69) is 52.1 Å². The van der Waals surface area contributed by atoms with Gasteiger partial charge in [0.1, 0.15) is 11.3 Å². The molecule has 1 fully saturated rings. The van der Waals surface area contributed by atoms with Crippen molar-refractivity contribution in [2.24, 2.45) is 0 Å². The number of fused-ring (bicyclic) bond motifs is 1. The van der Waals surface area contributed by atoms with Crippen LogP contribution in [-0.2, 0) is 0 Å². The lowest BCUT2D eigenvalue weighted by Crippen LogP contribution is -2.39. The third-order valence-electron chi connectivity index (χ3n) is 4.19. The quantitative estimate of drug-likeness (QED) is 0.869. The molecule has 0 aliphatic carbocycles. The highest BCUT2D eigenvalue weighted by Crippen LogP contribution is 2.26. The maximum absolute atomic E-state index is 5.96. The Morgan fingerprint density at radius 3 is 2.76 bits per heavy atom. The van der Waals surface area contributed by atoms with E-state index in [1.54, 1.807) is 0 Å². The third-order valence-corrected chi connectivity index (χ3v) is 4.68. The Labute approximate surface area is 134 Å². The maximum atomic E-state index is 5.96. The molecule has 2 unspecified atom stereocenters. The van der Waals surface area contributed by atoms with Crippen LogP contribution in [0.4, 0.5) is 0 Å². The molecule has 0 radical (unpaired) electrons. The van der Waals surface area contributed by atoms with Gasteiger partial charge in [0.05, 0.1) is 6.04 Å². The number of halogens is 1. The number of rotatable bonds is 5. The van der Waals surface area contributed by atoms with Gasteiger partial charge in [-0.25, -0.2) is 0 Å². The molecule has 21 heavy (non-hydrogen) atoms. The van der Waals surface area contributed by atoms with Crippen LogP contribution in [0.2, 0.25) is 0 Å². The van der Waals surface area contributed by atoms with Crippen molar-refractivity contribution in [3.05, 3.63) is 34.5 Å². The summed E-state index contributed by atoms with van der Waals surface area (Å²) >= 11 is 3.51. The summed E-state index contributed by atoms with van der Waals surface area (Å²) in [5, 5.41) is 4.80. The number of nitrogens with zero attached hydrogens (tertiary/aromatic N) is 1. The van der Waals surface area contributed by atoms with E-state index >= 15 is 0 Å². The lowest BCUT2D eigenvalue weighted by Gasteiger charge is -2.23. The van der Waals surface area contributed by atoms with Gasteiger partial charge < -0.3 is 14.6 Å². The van der Waals surface area contributed by atoms with E-state index in [0.29, 0.717) is 6.04 Å². The lowest BCUT2D eigenvalue weighted by atomic mass is 10.2. The van der Waals surface area contributed by atoms with E-state index in [0.717, 1.165) is 27.7 Å². The molecule has 0 saturated carbocycles. The molecule has 1 aliphatic rings. The number of furan rings is 1. The van der Waals surface area contributed by atoms with Gasteiger partial charge in [0.2, 0.25) is 0 Å². The number of hydrogen-bond acceptors (Lipinski definition) is 3. The van der Waals surface area contributed by atoms with Crippen molar-refractivity contribution in [1.29, 1.82) is 0 Å². The monoisotopic (exact) mass is 350 g/mol. The van der Waals surface area contributed by atoms with Crippen LogP contribution in [0.5, 0.6) is 0 Å². The number of nitrogens with one attached hydrogen (secondary N) is 1. The van der Waals surface area contributed by atoms with Gasteiger partial charge in [-0.1, -0.05) is 15.9 Å². The molecule has 1 aromatic heterocycles. The van der Waals surface area contributed by atoms with Crippen molar-refractivity contribution in [1.82, 2.24) is 10.2 Å². The first kappa shape index (κ1) is 15.1. The first-order valence-electron chi connectivity index (χ1n) is 7.79. The van der Waals surface area contributed by atoms with Crippen LogP contribution in [0, 0.1) is 0 Å². The summed E-state index contributed by atoms with van der Waals surface area (Å²) in [6, 6.07) is 8.97. The second-order valence-electron chi connectivity index (χ2n) is 6.13. The average molecular weight is 351 g/mol. The fourth-order valence-electron chi connectivity index (χ4n) is 3.16. The third kappa shape index (κ3) is 3.68. The summed E-state index contributed by atoms with van der Waals surface area (Å²) in [6.45, 7) is 8.05. The molecule has 3 rings (SSSR count).